The Morgan fingerprint density at radius 1 is 1.08 bits per heavy atom. The molecule has 1 aromatic rings. The lowest BCUT2D eigenvalue weighted by molar-refractivity contribution is -0.145. The van der Waals surface area contributed by atoms with Gasteiger partial charge in [0.25, 0.3) is 0 Å². The summed E-state index contributed by atoms with van der Waals surface area (Å²) in [5, 5.41) is 2.63. The van der Waals surface area contributed by atoms with Gasteiger partial charge < -0.3 is 14.8 Å². The van der Waals surface area contributed by atoms with E-state index in [9.17, 15) is 18.0 Å². The minimum Gasteiger partial charge on any atom is -0.463 e. The van der Waals surface area contributed by atoms with Crippen molar-refractivity contribution in [2.45, 2.75) is 30.6 Å². The van der Waals surface area contributed by atoms with Gasteiger partial charge in [-0.1, -0.05) is 0 Å². The molecule has 0 bridgehead atoms. The molecule has 0 radical (unpaired) electrons. The number of methoxy groups -OCH3 is 1. The fraction of sp³-hybridized carbons (Fsp3) is 0.529. The van der Waals surface area contributed by atoms with Crippen LogP contribution in [0.1, 0.15) is 25.7 Å². The maximum Gasteiger partial charge on any atom is 0.306 e. The first-order valence-electron chi connectivity index (χ1n) is 8.48. The smallest absolute Gasteiger partial charge is 0.306 e. The highest BCUT2D eigenvalue weighted by Gasteiger charge is 2.26. The Kier molecular flexibility index (Phi) is 7.55. The quantitative estimate of drug-likeness (QED) is 0.510. The molecule has 0 atom stereocenters. The Balaban J connectivity index is 1.83. The topological polar surface area (TPSA) is 102 Å². The summed E-state index contributed by atoms with van der Waals surface area (Å²) in [7, 11) is -1.96. The third-order valence-corrected chi connectivity index (χ3v) is 5.86. The molecule has 1 aliphatic heterocycles. The highest BCUT2D eigenvalue weighted by molar-refractivity contribution is 7.89. The van der Waals surface area contributed by atoms with Gasteiger partial charge in [-0.3, -0.25) is 9.59 Å². The number of hydrogen-bond donors (Lipinski definition) is 1. The van der Waals surface area contributed by atoms with Crippen molar-refractivity contribution in [1.29, 1.82) is 0 Å². The minimum absolute atomic E-state index is 0.0142. The maximum atomic E-state index is 12.4. The molecule has 1 N–H and O–H groups in total. The van der Waals surface area contributed by atoms with Crippen molar-refractivity contribution < 1.29 is 27.5 Å². The van der Waals surface area contributed by atoms with Crippen molar-refractivity contribution in [1.82, 2.24) is 4.31 Å². The average Bonchev–Trinajstić information content (AvgIpc) is 3.16. The van der Waals surface area contributed by atoms with Crippen LogP contribution in [0.3, 0.4) is 0 Å². The number of ether oxygens (including phenoxy) is 2. The zero-order valence-corrected chi connectivity index (χ0v) is 15.6. The lowest BCUT2D eigenvalue weighted by Crippen LogP contribution is -2.27. The molecule has 1 heterocycles. The normalized spacial score (nSPS) is 15.0. The van der Waals surface area contributed by atoms with Crippen molar-refractivity contribution in [3.05, 3.63) is 24.3 Å². The molecule has 0 aromatic heterocycles. The number of esters is 1. The SMILES string of the molecule is COCCOC(=O)CCC(=O)Nc1ccc(S(=O)(=O)N2CCCC2)cc1. The number of nitrogens with one attached hydrogen (secondary N) is 1. The van der Waals surface area contributed by atoms with E-state index in [0.717, 1.165) is 12.8 Å². The Hall–Kier alpha value is -1.97. The van der Waals surface area contributed by atoms with Crippen LogP contribution in [0.25, 0.3) is 0 Å². The monoisotopic (exact) mass is 384 g/mol. The van der Waals surface area contributed by atoms with Crippen LogP contribution in [0.15, 0.2) is 29.2 Å². The van der Waals surface area contributed by atoms with E-state index in [1.165, 1.54) is 35.7 Å². The van der Waals surface area contributed by atoms with Crippen LogP contribution in [0.4, 0.5) is 5.69 Å². The first-order valence-corrected chi connectivity index (χ1v) is 9.92. The first kappa shape index (κ1) is 20.3. The van der Waals surface area contributed by atoms with E-state index in [2.05, 4.69) is 5.32 Å². The van der Waals surface area contributed by atoms with Crippen LogP contribution in [0.5, 0.6) is 0 Å². The zero-order chi connectivity index (χ0) is 19.0. The van der Waals surface area contributed by atoms with Gasteiger partial charge in [0.05, 0.1) is 17.9 Å². The summed E-state index contributed by atoms with van der Waals surface area (Å²) in [5.41, 5.74) is 0.475. The molecule has 144 valence electrons. The molecule has 0 spiro atoms. The van der Waals surface area contributed by atoms with Crippen LogP contribution in [0.2, 0.25) is 0 Å². The number of hydrogen-bond acceptors (Lipinski definition) is 6. The Morgan fingerprint density at radius 2 is 1.73 bits per heavy atom. The molecule has 1 aliphatic rings. The fourth-order valence-corrected chi connectivity index (χ4v) is 4.05. The van der Waals surface area contributed by atoms with Crippen LogP contribution in [0, 0.1) is 0 Å². The van der Waals surface area contributed by atoms with E-state index in [4.69, 9.17) is 9.47 Å². The van der Waals surface area contributed by atoms with E-state index in [1.807, 2.05) is 0 Å². The van der Waals surface area contributed by atoms with Gasteiger partial charge in [-0.05, 0) is 37.1 Å². The molecule has 0 aliphatic carbocycles. The fourth-order valence-electron chi connectivity index (χ4n) is 2.54. The second kappa shape index (κ2) is 9.65. The first-order chi connectivity index (χ1) is 12.4. The molecule has 1 aromatic carbocycles. The number of sulfonamides is 1. The van der Waals surface area contributed by atoms with Crippen LogP contribution >= 0.6 is 0 Å². The molecule has 0 saturated carbocycles. The van der Waals surface area contributed by atoms with Crippen molar-refractivity contribution >= 4 is 27.6 Å². The van der Waals surface area contributed by atoms with Crippen LogP contribution in [-0.4, -0.2) is 58.0 Å². The lowest BCUT2D eigenvalue weighted by atomic mass is 10.2. The molecule has 2 rings (SSSR count). The molecule has 0 unspecified atom stereocenters. The van der Waals surface area contributed by atoms with Crippen molar-refractivity contribution in [2.24, 2.45) is 0 Å². The number of amides is 1. The number of nitrogens with zero attached hydrogens (tertiary/aromatic N) is 1. The Labute approximate surface area is 153 Å². The predicted molar refractivity (Wildman–Crippen MR) is 95.1 cm³/mol. The second-order valence-electron chi connectivity index (χ2n) is 5.90. The van der Waals surface area contributed by atoms with Crippen molar-refractivity contribution in [2.75, 3.05) is 38.7 Å². The molecule has 1 amide bonds. The Morgan fingerprint density at radius 3 is 2.35 bits per heavy atom. The van der Waals surface area contributed by atoms with Gasteiger partial charge in [-0.2, -0.15) is 4.31 Å². The van der Waals surface area contributed by atoms with E-state index >= 15 is 0 Å². The second-order valence-corrected chi connectivity index (χ2v) is 7.83. The largest absolute Gasteiger partial charge is 0.463 e. The molecular weight excluding hydrogens is 360 g/mol. The van der Waals surface area contributed by atoms with Crippen molar-refractivity contribution in [3.8, 4) is 0 Å². The van der Waals surface area contributed by atoms with Gasteiger partial charge in [-0.25, -0.2) is 8.42 Å². The number of carbonyl (C=O) groups excluding carboxylic acids is 2. The lowest BCUT2D eigenvalue weighted by Gasteiger charge is -2.15. The van der Waals surface area contributed by atoms with Gasteiger partial charge in [0, 0.05) is 32.3 Å². The van der Waals surface area contributed by atoms with Gasteiger partial charge in [0.2, 0.25) is 15.9 Å². The third-order valence-electron chi connectivity index (χ3n) is 3.95. The summed E-state index contributed by atoms with van der Waals surface area (Å²) in [6.45, 7) is 1.55. The number of carbonyl (C=O) groups is 2. The van der Waals surface area contributed by atoms with Crippen LogP contribution < -0.4 is 5.32 Å². The molecule has 26 heavy (non-hydrogen) atoms. The van der Waals surface area contributed by atoms with E-state index in [1.54, 1.807) is 0 Å². The van der Waals surface area contributed by atoms with Gasteiger partial charge in [-0.15, -0.1) is 0 Å². The summed E-state index contributed by atoms with van der Waals surface area (Å²) < 4.78 is 36.0. The average molecular weight is 384 g/mol. The van der Waals surface area contributed by atoms with E-state index in [-0.39, 0.29) is 30.3 Å². The van der Waals surface area contributed by atoms with Gasteiger partial charge in [0.1, 0.15) is 6.61 Å². The molecule has 9 heteroatoms. The third kappa shape index (κ3) is 5.79. The van der Waals surface area contributed by atoms with Gasteiger partial charge >= 0.3 is 5.97 Å². The predicted octanol–water partition coefficient (Wildman–Crippen LogP) is 1.38. The summed E-state index contributed by atoms with van der Waals surface area (Å²) in [5.74, 6) is -0.812. The van der Waals surface area contributed by atoms with Crippen LogP contribution in [-0.2, 0) is 29.1 Å². The summed E-state index contributed by atoms with van der Waals surface area (Å²) >= 11 is 0. The molecular formula is C17H24N2O6S. The Bertz CT molecular complexity index is 711. The number of anilines is 1. The maximum absolute atomic E-state index is 12.4. The summed E-state index contributed by atoms with van der Waals surface area (Å²) in [6.07, 6.45) is 1.71. The van der Waals surface area contributed by atoms with Gasteiger partial charge in [0.15, 0.2) is 0 Å². The number of rotatable bonds is 9. The standard InChI is InChI=1S/C17H24N2O6S/c1-24-12-13-25-17(21)9-8-16(20)18-14-4-6-15(7-5-14)26(22,23)19-10-2-3-11-19/h4-7H,2-3,8-13H2,1H3,(H,18,20). The van der Waals surface area contributed by atoms with Crippen molar-refractivity contribution in [3.63, 3.8) is 0 Å². The highest BCUT2D eigenvalue weighted by atomic mass is 32.2. The molecule has 8 nitrogen and oxygen atoms in total. The minimum atomic E-state index is -3.47. The van der Waals surface area contributed by atoms with E-state index < -0.39 is 16.0 Å². The summed E-state index contributed by atoms with van der Waals surface area (Å²) in [6, 6.07) is 6.03. The van der Waals surface area contributed by atoms with E-state index in [0.29, 0.717) is 25.4 Å². The summed E-state index contributed by atoms with van der Waals surface area (Å²) in [4.78, 5) is 23.5. The zero-order valence-electron chi connectivity index (χ0n) is 14.8. The highest BCUT2D eigenvalue weighted by Crippen LogP contribution is 2.22. The molecule has 1 fully saturated rings. The number of benzene rings is 1. The molecule has 1 saturated heterocycles.